The molecule has 1 heterocycles. The maximum atomic E-state index is 12.1. The van der Waals surface area contributed by atoms with E-state index in [0.29, 0.717) is 6.42 Å². The highest BCUT2D eigenvalue weighted by molar-refractivity contribution is 5.85. The number of piperidine rings is 1. The van der Waals surface area contributed by atoms with Crippen molar-refractivity contribution >= 4 is 30.8 Å². The Kier molecular flexibility index (Phi) is 17.8. The van der Waals surface area contributed by atoms with Gasteiger partial charge in [0.05, 0.1) is 17.6 Å². The van der Waals surface area contributed by atoms with E-state index < -0.39 is 29.2 Å². The number of benzene rings is 4. The number of aliphatic hydroxyl groups excluding tert-OH is 2. The molecule has 3 atom stereocenters. The molecule has 0 aliphatic carbocycles. The van der Waals surface area contributed by atoms with Crippen LogP contribution >= 0.6 is 24.8 Å². The van der Waals surface area contributed by atoms with Crippen molar-refractivity contribution in [2.24, 2.45) is 5.92 Å². The van der Waals surface area contributed by atoms with E-state index in [4.69, 9.17) is 0 Å². The quantitative estimate of drug-likeness (QED) is 0.0957. The Morgan fingerprint density at radius 3 is 1.69 bits per heavy atom. The van der Waals surface area contributed by atoms with Crippen LogP contribution in [0, 0.1) is 5.92 Å². The predicted octanol–water partition coefficient (Wildman–Crippen LogP) is 7.68. The highest BCUT2D eigenvalue weighted by Crippen LogP contribution is 2.42. The Morgan fingerprint density at radius 1 is 0.765 bits per heavy atom. The average molecular weight is 740 g/mol. The van der Waals surface area contributed by atoms with Crippen molar-refractivity contribution in [2.75, 3.05) is 26.7 Å². The maximum absolute atomic E-state index is 12.1. The molecule has 1 fully saturated rings. The number of hydrogen-bond donors (Lipinski definition) is 5. The van der Waals surface area contributed by atoms with Crippen molar-refractivity contribution in [1.29, 1.82) is 0 Å². The number of aliphatic hydroxyl groups is 3. The molecule has 0 saturated carbocycles. The molecule has 9 heteroatoms. The van der Waals surface area contributed by atoms with E-state index in [1.54, 1.807) is 26.0 Å². The number of likely N-dealkylation sites (N-methyl/N-ethyl adjacent to an activating group) is 1. The first-order chi connectivity index (χ1) is 23.5. The molecule has 3 unspecified atom stereocenters. The van der Waals surface area contributed by atoms with E-state index >= 15 is 0 Å². The number of hydrogen-bond acceptors (Lipinski definition) is 6. The van der Waals surface area contributed by atoms with Crippen LogP contribution in [0.1, 0.15) is 86.5 Å². The second-order valence-electron chi connectivity index (χ2n) is 13.8. The molecule has 5 rings (SSSR count). The van der Waals surface area contributed by atoms with Crippen LogP contribution in [0.4, 0.5) is 0 Å². The summed E-state index contributed by atoms with van der Waals surface area (Å²) in [7, 11) is 1.84. The third kappa shape index (κ3) is 11.4. The molecule has 1 aliphatic heterocycles. The fourth-order valence-electron chi connectivity index (χ4n) is 6.61. The number of carboxylic acid groups (broad SMARTS) is 1. The molecule has 278 valence electrons. The van der Waals surface area contributed by atoms with Gasteiger partial charge in [-0.25, -0.2) is 0 Å². The molecular formula is C42H56Cl2N2O5. The lowest BCUT2D eigenvalue weighted by molar-refractivity contribution is -0.142. The normalized spacial score (nSPS) is 15.6. The first kappa shape index (κ1) is 43.9. The molecule has 0 radical (unpaired) electrons. The Bertz CT molecular complexity index is 1510. The predicted molar refractivity (Wildman–Crippen MR) is 211 cm³/mol. The lowest BCUT2D eigenvalue weighted by Crippen LogP contribution is -2.44. The Hall–Kier alpha value is -3.27. The van der Waals surface area contributed by atoms with E-state index in [2.05, 4.69) is 10.2 Å². The molecule has 0 aromatic heterocycles. The molecule has 51 heavy (non-hydrogen) atoms. The van der Waals surface area contributed by atoms with Gasteiger partial charge in [-0.1, -0.05) is 115 Å². The second kappa shape index (κ2) is 20.7. The zero-order valence-corrected chi connectivity index (χ0v) is 31.8. The van der Waals surface area contributed by atoms with E-state index in [1.165, 1.54) is 0 Å². The third-order valence-electron chi connectivity index (χ3n) is 10.2. The van der Waals surface area contributed by atoms with E-state index in [1.807, 2.05) is 117 Å². The van der Waals surface area contributed by atoms with Gasteiger partial charge < -0.3 is 30.6 Å². The van der Waals surface area contributed by atoms with Crippen LogP contribution in [0.15, 0.2) is 115 Å². The monoisotopic (exact) mass is 738 g/mol. The summed E-state index contributed by atoms with van der Waals surface area (Å²) in [5.41, 5.74) is 2.43. The summed E-state index contributed by atoms with van der Waals surface area (Å²) in [5.74, 6) is -0.733. The van der Waals surface area contributed by atoms with Crippen molar-refractivity contribution in [3.63, 3.8) is 0 Å². The molecular weight excluding hydrogens is 683 g/mol. The molecule has 0 spiro atoms. The number of carboxylic acids is 1. The number of carbonyl (C=O) groups is 1. The summed E-state index contributed by atoms with van der Waals surface area (Å²) >= 11 is 0. The molecule has 5 N–H and O–H groups in total. The largest absolute Gasteiger partial charge is 0.481 e. The number of nitrogens with zero attached hydrogens (tertiary/aromatic N) is 1. The zero-order chi connectivity index (χ0) is 35.4. The molecule has 4 aromatic carbocycles. The summed E-state index contributed by atoms with van der Waals surface area (Å²) in [6.07, 6.45) is 2.35. The van der Waals surface area contributed by atoms with Crippen LogP contribution in [-0.2, 0) is 15.8 Å². The molecule has 1 saturated heterocycles. The van der Waals surface area contributed by atoms with Gasteiger partial charge in [0, 0.05) is 6.04 Å². The maximum Gasteiger partial charge on any atom is 0.313 e. The minimum atomic E-state index is -1.01. The zero-order valence-electron chi connectivity index (χ0n) is 30.2. The minimum absolute atomic E-state index is 0. The summed E-state index contributed by atoms with van der Waals surface area (Å²) in [5, 5.41) is 44.9. The Balaban J connectivity index is 0.000000549. The summed E-state index contributed by atoms with van der Waals surface area (Å²) in [6.45, 7) is 8.07. The van der Waals surface area contributed by atoms with Crippen molar-refractivity contribution < 1.29 is 25.2 Å². The van der Waals surface area contributed by atoms with Gasteiger partial charge in [-0.15, -0.1) is 24.8 Å². The number of nitrogens with one attached hydrogen (secondary N) is 1. The van der Waals surface area contributed by atoms with Crippen LogP contribution in [0.2, 0.25) is 0 Å². The highest BCUT2D eigenvalue weighted by atomic mass is 35.5. The lowest BCUT2D eigenvalue weighted by Gasteiger charge is -2.42. The Morgan fingerprint density at radius 2 is 1.24 bits per heavy atom. The average Bonchev–Trinajstić information content (AvgIpc) is 3.15. The van der Waals surface area contributed by atoms with E-state index in [9.17, 15) is 25.2 Å². The SMILES string of the molecule is CC(C)(C(=O)O)c1ccc(C(O)CCCN2CCC(C(O)(c3ccccc3)c3ccccc3)CC2)cc1.CNC(C)C(O)c1ccccc1.Cl.Cl. The van der Waals surface area contributed by atoms with Gasteiger partial charge in [0.2, 0.25) is 0 Å². The molecule has 0 bridgehead atoms. The van der Waals surface area contributed by atoms with Gasteiger partial charge in [0.1, 0.15) is 5.60 Å². The van der Waals surface area contributed by atoms with Crippen LogP contribution in [-0.4, -0.2) is 64.0 Å². The smallest absolute Gasteiger partial charge is 0.313 e. The number of likely N-dealkylation sites (tertiary alicyclic amines) is 1. The van der Waals surface area contributed by atoms with Crippen LogP contribution in [0.5, 0.6) is 0 Å². The second-order valence-corrected chi connectivity index (χ2v) is 13.8. The fraction of sp³-hybridized carbons (Fsp3) is 0.405. The molecule has 1 aliphatic rings. The first-order valence-electron chi connectivity index (χ1n) is 17.5. The van der Waals surface area contributed by atoms with Gasteiger partial charge in [-0.3, -0.25) is 4.79 Å². The van der Waals surface area contributed by atoms with E-state index in [0.717, 1.165) is 66.7 Å². The number of aliphatic carboxylic acids is 1. The molecule has 4 aromatic rings. The summed E-state index contributed by atoms with van der Waals surface area (Å²) in [4.78, 5) is 13.9. The Labute approximate surface area is 316 Å². The lowest BCUT2D eigenvalue weighted by atomic mass is 9.72. The molecule has 0 amide bonds. The van der Waals surface area contributed by atoms with Crippen LogP contribution < -0.4 is 5.32 Å². The fourth-order valence-corrected chi connectivity index (χ4v) is 6.61. The molecule has 7 nitrogen and oxygen atoms in total. The standard InChI is InChI=1S/C32H39NO4.C10H15NO.2ClH/c1-31(2,30(35)36)25-17-15-24(16-18-25)29(34)14-9-21-33-22-19-28(20-23-33)32(37,26-10-5-3-6-11-26)27-12-7-4-8-13-27;1-8(11-2)10(12)9-6-4-3-5-7-9;;/h3-8,10-13,15-18,28-29,34,37H,9,14,19-23H2,1-2H3,(H,35,36);3-8,10-12H,1-2H3;2*1H. The topological polar surface area (TPSA) is 113 Å². The van der Waals surface area contributed by atoms with Gasteiger partial charge in [0.25, 0.3) is 0 Å². The summed E-state index contributed by atoms with van der Waals surface area (Å²) < 4.78 is 0. The number of rotatable bonds is 13. The van der Waals surface area contributed by atoms with Gasteiger partial charge in [-0.2, -0.15) is 0 Å². The van der Waals surface area contributed by atoms with Gasteiger partial charge in [-0.05, 0) is 107 Å². The first-order valence-corrected chi connectivity index (χ1v) is 17.5. The third-order valence-corrected chi connectivity index (χ3v) is 10.2. The van der Waals surface area contributed by atoms with Gasteiger partial charge in [0.15, 0.2) is 0 Å². The number of halogens is 2. The summed E-state index contributed by atoms with van der Waals surface area (Å²) in [6, 6.07) is 37.1. The van der Waals surface area contributed by atoms with Crippen molar-refractivity contribution in [3.8, 4) is 0 Å². The highest BCUT2D eigenvalue weighted by Gasteiger charge is 2.41. The van der Waals surface area contributed by atoms with Crippen molar-refractivity contribution in [3.05, 3.63) is 143 Å². The van der Waals surface area contributed by atoms with Gasteiger partial charge >= 0.3 is 5.97 Å². The van der Waals surface area contributed by atoms with Crippen LogP contribution in [0.25, 0.3) is 0 Å². The van der Waals surface area contributed by atoms with E-state index in [-0.39, 0.29) is 36.8 Å². The van der Waals surface area contributed by atoms with Crippen LogP contribution in [0.3, 0.4) is 0 Å². The van der Waals surface area contributed by atoms with Crippen molar-refractivity contribution in [1.82, 2.24) is 10.2 Å². The van der Waals surface area contributed by atoms with Crippen molar-refractivity contribution in [2.45, 2.75) is 75.7 Å². The minimum Gasteiger partial charge on any atom is -0.481 e.